The van der Waals surface area contributed by atoms with Gasteiger partial charge in [-0.1, -0.05) is 17.7 Å². The first kappa shape index (κ1) is 18.3. The predicted octanol–water partition coefficient (Wildman–Crippen LogP) is 2.46. The summed E-state index contributed by atoms with van der Waals surface area (Å²) in [4.78, 5) is 2.20. The Balaban J connectivity index is 2.87. The normalized spacial score (nSPS) is 12.9. The summed E-state index contributed by atoms with van der Waals surface area (Å²) in [5, 5.41) is 0.402. The molecule has 1 aromatic carbocycles. The zero-order valence-electron chi connectivity index (χ0n) is 12.6. The molecule has 120 valence electrons. The van der Waals surface area contributed by atoms with Crippen molar-refractivity contribution in [3.05, 3.63) is 34.6 Å². The van der Waals surface area contributed by atoms with Crippen LogP contribution in [0, 0.1) is 5.82 Å². The highest BCUT2D eigenvalue weighted by atomic mass is 35.5. The zero-order chi connectivity index (χ0) is 15.7. The summed E-state index contributed by atoms with van der Waals surface area (Å²) in [6.45, 7) is 3.23. The van der Waals surface area contributed by atoms with Gasteiger partial charge < -0.3 is 15.2 Å². The summed E-state index contributed by atoms with van der Waals surface area (Å²) in [5.41, 5.74) is 6.76. The van der Waals surface area contributed by atoms with Gasteiger partial charge in [-0.15, -0.1) is 0 Å². The number of methoxy groups -OCH3 is 2. The molecule has 21 heavy (non-hydrogen) atoms. The lowest BCUT2D eigenvalue weighted by Crippen LogP contribution is -2.37. The van der Waals surface area contributed by atoms with Gasteiger partial charge in [0.1, 0.15) is 5.82 Å². The first-order valence-electron chi connectivity index (χ1n) is 7.01. The highest BCUT2D eigenvalue weighted by molar-refractivity contribution is 6.31. The van der Waals surface area contributed by atoms with Gasteiger partial charge in [0, 0.05) is 51.5 Å². The maximum absolute atomic E-state index is 13.2. The average Bonchev–Trinajstić information content (AvgIpc) is 2.46. The molecule has 4 nitrogen and oxygen atoms in total. The molecule has 0 amide bonds. The Morgan fingerprint density at radius 1 is 1.24 bits per heavy atom. The summed E-state index contributed by atoms with van der Waals surface area (Å²) in [5.74, 6) is -0.345. The van der Waals surface area contributed by atoms with Gasteiger partial charge in [0.2, 0.25) is 0 Å². The first-order valence-corrected chi connectivity index (χ1v) is 7.38. The molecule has 1 rings (SSSR count). The van der Waals surface area contributed by atoms with Crippen LogP contribution in [0.15, 0.2) is 18.2 Å². The SMILES string of the molecule is COCCCN(CCOC)C(CN)c1ccc(F)cc1Cl. The Bertz CT molecular complexity index is 421. The maximum Gasteiger partial charge on any atom is 0.124 e. The van der Waals surface area contributed by atoms with Gasteiger partial charge in [-0.25, -0.2) is 4.39 Å². The molecule has 0 aromatic heterocycles. The van der Waals surface area contributed by atoms with Crippen molar-refractivity contribution < 1.29 is 13.9 Å². The Kier molecular flexibility index (Phi) is 8.80. The molecule has 6 heteroatoms. The fraction of sp³-hybridized carbons (Fsp3) is 0.600. The molecule has 0 aliphatic heterocycles. The van der Waals surface area contributed by atoms with E-state index in [4.69, 9.17) is 26.8 Å². The van der Waals surface area contributed by atoms with Crippen molar-refractivity contribution >= 4 is 11.6 Å². The van der Waals surface area contributed by atoms with Crippen LogP contribution >= 0.6 is 11.6 Å². The van der Waals surface area contributed by atoms with Crippen molar-refractivity contribution in [3.8, 4) is 0 Å². The quantitative estimate of drug-likeness (QED) is 0.673. The van der Waals surface area contributed by atoms with Crippen LogP contribution in [0.4, 0.5) is 4.39 Å². The van der Waals surface area contributed by atoms with E-state index in [9.17, 15) is 4.39 Å². The lowest BCUT2D eigenvalue weighted by Gasteiger charge is -2.31. The van der Waals surface area contributed by atoms with E-state index in [2.05, 4.69) is 4.90 Å². The van der Waals surface area contributed by atoms with Gasteiger partial charge in [-0.2, -0.15) is 0 Å². The van der Waals surface area contributed by atoms with Crippen molar-refractivity contribution in [2.24, 2.45) is 5.73 Å². The number of hydrogen-bond acceptors (Lipinski definition) is 4. The summed E-state index contributed by atoms with van der Waals surface area (Å²) >= 11 is 6.16. The Morgan fingerprint density at radius 2 is 1.95 bits per heavy atom. The van der Waals surface area contributed by atoms with Gasteiger partial charge in [-0.05, 0) is 24.1 Å². The van der Waals surface area contributed by atoms with Crippen LogP contribution in [-0.4, -0.2) is 52.0 Å². The van der Waals surface area contributed by atoms with Crippen molar-refractivity contribution in [2.45, 2.75) is 12.5 Å². The molecule has 2 N–H and O–H groups in total. The number of benzene rings is 1. The third-order valence-electron chi connectivity index (χ3n) is 3.36. The predicted molar refractivity (Wildman–Crippen MR) is 83.1 cm³/mol. The van der Waals surface area contributed by atoms with Gasteiger partial charge in [-0.3, -0.25) is 4.90 Å². The minimum absolute atomic E-state index is 0.0647. The number of hydrogen-bond donors (Lipinski definition) is 1. The fourth-order valence-electron chi connectivity index (χ4n) is 2.29. The van der Waals surface area contributed by atoms with E-state index < -0.39 is 0 Å². The van der Waals surface area contributed by atoms with E-state index in [0.29, 0.717) is 24.8 Å². The number of nitrogens with two attached hydrogens (primary N) is 1. The van der Waals surface area contributed by atoms with E-state index in [1.165, 1.54) is 12.1 Å². The van der Waals surface area contributed by atoms with Crippen LogP contribution in [0.5, 0.6) is 0 Å². The second kappa shape index (κ2) is 10.1. The third-order valence-corrected chi connectivity index (χ3v) is 3.69. The van der Waals surface area contributed by atoms with Crippen LogP contribution in [0.2, 0.25) is 5.02 Å². The molecular weight excluding hydrogens is 295 g/mol. The van der Waals surface area contributed by atoms with Crippen LogP contribution < -0.4 is 5.73 Å². The topological polar surface area (TPSA) is 47.7 Å². The van der Waals surface area contributed by atoms with Gasteiger partial charge in [0.25, 0.3) is 0 Å². The van der Waals surface area contributed by atoms with Gasteiger partial charge >= 0.3 is 0 Å². The largest absolute Gasteiger partial charge is 0.385 e. The van der Waals surface area contributed by atoms with Crippen LogP contribution in [0.1, 0.15) is 18.0 Å². The molecule has 0 saturated heterocycles. The molecule has 0 bridgehead atoms. The molecule has 0 aliphatic rings. The molecule has 0 radical (unpaired) electrons. The number of ether oxygens (including phenoxy) is 2. The van der Waals surface area contributed by atoms with Crippen molar-refractivity contribution in [2.75, 3.05) is 47.1 Å². The van der Waals surface area contributed by atoms with Crippen molar-refractivity contribution in [3.63, 3.8) is 0 Å². The number of rotatable bonds is 10. The molecule has 0 aliphatic carbocycles. The van der Waals surface area contributed by atoms with E-state index in [1.54, 1.807) is 20.3 Å². The highest BCUT2D eigenvalue weighted by Crippen LogP contribution is 2.27. The zero-order valence-corrected chi connectivity index (χ0v) is 13.4. The van der Waals surface area contributed by atoms with E-state index in [1.807, 2.05) is 0 Å². The molecule has 1 unspecified atom stereocenters. The highest BCUT2D eigenvalue weighted by Gasteiger charge is 2.21. The molecule has 0 saturated carbocycles. The Labute approximate surface area is 131 Å². The van der Waals surface area contributed by atoms with Gasteiger partial charge in [0.15, 0.2) is 0 Å². The molecule has 0 spiro atoms. The molecule has 1 aromatic rings. The molecular formula is C15H24ClFN2O2. The summed E-state index contributed by atoms with van der Waals surface area (Å²) < 4.78 is 23.4. The monoisotopic (exact) mass is 318 g/mol. The second-order valence-electron chi connectivity index (χ2n) is 4.79. The van der Waals surface area contributed by atoms with Crippen LogP contribution in [0.3, 0.4) is 0 Å². The minimum Gasteiger partial charge on any atom is -0.385 e. The smallest absolute Gasteiger partial charge is 0.124 e. The second-order valence-corrected chi connectivity index (χ2v) is 5.20. The lowest BCUT2D eigenvalue weighted by molar-refractivity contribution is 0.108. The van der Waals surface area contributed by atoms with E-state index in [-0.39, 0.29) is 11.9 Å². The van der Waals surface area contributed by atoms with E-state index in [0.717, 1.165) is 25.1 Å². The van der Waals surface area contributed by atoms with Crippen molar-refractivity contribution in [1.82, 2.24) is 4.90 Å². The summed E-state index contributed by atoms with van der Waals surface area (Å²) in [6.07, 6.45) is 0.884. The Morgan fingerprint density at radius 3 is 2.52 bits per heavy atom. The molecule has 1 atom stereocenters. The summed E-state index contributed by atoms with van der Waals surface area (Å²) in [7, 11) is 3.34. The first-order chi connectivity index (χ1) is 10.1. The summed E-state index contributed by atoms with van der Waals surface area (Å²) in [6, 6.07) is 4.37. The number of halogens is 2. The lowest BCUT2D eigenvalue weighted by atomic mass is 10.0. The van der Waals surface area contributed by atoms with Gasteiger partial charge in [0.05, 0.1) is 6.61 Å². The minimum atomic E-state index is -0.345. The molecule has 0 fully saturated rings. The van der Waals surface area contributed by atoms with E-state index >= 15 is 0 Å². The van der Waals surface area contributed by atoms with Crippen LogP contribution in [0.25, 0.3) is 0 Å². The number of nitrogens with zero attached hydrogens (tertiary/aromatic N) is 1. The fourth-order valence-corrected chi connectivity index (χ4v) is 2.58. The third kappa shape index (κ3) is 5.88. The standard InChI is InChI=1S/C15H24ClFN2O2/c1-20-8-3-6-19(7-9-21-2)15(11-18)13-5-4-12(17)10-14(13)16/h4-5,10,15H,3,6-9,11,18H2,1-2H3. The average molecular weight is 319 g/mol. The van der Waals surface area contributed by atoms with Crippen molar-refractivity contribution in [1.29, 1.82) is 0 Å². The molecule has 0 heterocycles. The maximum atomic E-state index is 13.2. The van der Waals surface area contributed by atoms with Crippen LogP contribution in [-0.2, 0) is 9.47 Å². The Hall–Kier alpha value is -0.720.